The topological polar surface area (TPSA) is 91.8 Å². The second-order valence-corrected chi connectivity index (χ2v) is 12.8. The molecule has 1 aromatic carbocycles. The lowest BCUT2D eigenvalue weighted by Gasteiger charge is -2.57. The first-order valence-corrected chi connectivity index (χ1v) is 13.9. The van der Waals surface area contributed by atoms with Crippen LogP contribution in [0.4, 0.5) is 19.0 Å². The molecule has 212 valence electrons. The van der Waals surface area contributed by atoms with Crippen LogP contribution < -0.4 is 5.73 Å². The van der Waals surface area contributed by atoms with Gasteiger partial charge in [0, 0.05) is 34.5 Å². The molecule has 2 bridgehead atoms. The molecule has 4 N–H and O–H groups in total. The lowest BCUT2D eigenvalue weighted by atomic mass is 9.56. The number of hydrogen-bond acceptors (Lipinski definition) is 6. The standard InChI is InChI=1S/C31H34F3N3O3/c1-28-13-22(31(32,33)34)20-12-21-26(38)27(39)23(37(2)3)14-29(21)8-9-30(20,40-29)24(28)7-6-19(28)17-5-4-16-11-25(35)36-15-18(16)10-17/h4-6,10-12,15,23-24,26-27,38-39H,7-9,13-14H2,1-3H3,(H2,35,36). The van der Waals surface area contributed by atoms with Gasteiger partial charge in [-0.3, -0.25) is 0 Å². The van der Waals surface area contributed by atoms with Crippen molar-refractivity contribution in [3.63, 3.8) is 0 Å². The lowest BCUT2D eigenvalue weighted by molar-refractivity contribution is -0.170. The Hall–Kier alpha value is -2.72. The van der Waals surface area contributed by atoms with Gasteiger partial charge in [-0.1, -0.05) is 31.2 Å². The van der Waals surface area contributed by atoms with Gasteiger partial charge >= 0.3 is 6.18 Å². The molecule has 2 aliphatic heterocycles. The first-order valence-electron chi connectivity index (χ1n) is 13.9. The van der Waals surface area contributed by atoms with Crippen LogP contribution in [0.3, 0.4) is 0 Å². The van der Waals surface area contributed by atoms with Crippen LogP contribution in [0.5, 0.6) is 0 Å². The number of allylic oxidation sites excluding steroid dienone is 3. The summed E-state index contributed by atoms with van der Waals surface area (Å²) in [6.45, 7) is 1.95. The summed E-state index contributed by atoms with van der Waals surface area (Å²) in [6.07, 6.45) is 0.174. The Morgan fingerprint density at radius 1 is 1.12 bits per heavy atom. The fourth-order valence-corrected chi connectivity index (χ4v) is 8.70. The molecule has 7 atom stereocenters. The number of hydrogen-bond donors (Lipinski definition) is 3. The molecule has 7 rings (SSSR count). The number of aliphatic hydroxyl groups is 2. The number of nitrogens with zero attached hydrogens (tertiary/aromatic N) is 2. The van der Waals surface area contributed by atoms with Gasteiger partial charge in [0.2, 0.25) is 0 Å². The number of likely N-dealkylation sites (N-methyl/N-ethyl adjacent to an activating group) is 1. The maximum Gasteiger partial charge on any atom is 0.413 e. The minimum absolute atomic E-state index is 0.146. The van der Waals surface area contributed by atoms with Gasteiger partial charge in [-0.2, -0.15) is 13.2 Å². The van der Waals surface area contributed by atoms with Crippen molar-refractivity contribution in [2.24, 2.45) is 11.3 Å². The van der Waals surface area contributed by atoms with Gasteiger partial charge in [0.25, 0.3) is 0 Å². The van der Waals surface area contributed by atoms with E-state index in [9.17, 15) is 23.4 Å². The number of halogens is 3. The first kappa shape index (κ1) is 26.2. The van der Waals surface area contributed by atoms with Crippen molar-refractivity contribution in [1.29, 1.82) is 0 Å². The number of aliphatic hydroxyl groups excluding tert-OH is 2. The van der Waals surface area contributed by atoms with E-state index in [2.05, 4.69) is 11.1 Å². The Morgan fingerprint density at radius 2 is 1.90 bits per heavy atom. The van der Waals surface area contributed by atoms with Crippen LogP contribution in [0.1, 0.15) is 44.6 Å². The van der Waals surface area contributed by atoms with Crippen molar-refractivity contribution in [1.82, 2.24) is 9.88 Å². The quantitative estimate of drug-likeness (QED) is 0.496. The zero-order valence-corrected chi connectivity index (χ0v) is 22.8. The van der Waals surface area contributed by atoms with Gasteiger partial charge < -0.3 is 25.6 Å². The Morgan fingerprint density at radius 3 is 2.62 bits per heavy atom. The fraction of sp³-hybridized carbons (Fsp3) is 0.516. The summed E-state index contributed by atoms with van der Waals surface area (Å²) >= 11 is 0. The summed E-state index contributed by atoms with van der Waals surface area (Å²) in [5.74, 6) is 0.218. The molecule has 0 radical (unpaired) electrons. The second kappa shape index (κ2) is 8.18. The largest absolute Gasteiger partial charge is 0.413 e. The first-order chi connectivity index (χ1) is 18.8. The summed E-state index contributed by atoms with van der Waals surface area (Å²) in [4.78, 5) is 6.07. The van der Waals surface area contributed by atoms with E-state index in [0.717, 1.165) is 21.9 Å². The highest BCUT2D eigenvalue weighted by Gasteiger charge is 2.69. The van der Waals surface area contributed by atoms with Crippen LogP contribution in [-0.2, 0) is 4.74 Å². The Kier molecular flexibility index (Phi) is 5.36. The number of aromatic nitrogens is 1. The number of anilines is 1. The summed E-state index contributed by atoms with van der Waals surface area (Å²) in [5.41, 5.74) is 4.74. The van der Waals surface area contributed by atoms with Gasteiger partial charge in [0.1, 0.15) is 11.9 Å². The molecule has 3 aliphatic carbocycles. The number of nitrogen functional groups attached to an aromatic ring is 1. The zero-order valence-electron chi connectivity index (χ0n) is 22.8. The maximum absolute atomic E-state index is 14.9. The number of benzene rings is 1. The number of ether oxygens (including phenoxy) is 1. The van der Waals surface area contributed by atoms with Gasteiger partial charge in [0.05, 0.1) is 17.3 Å². The van der Waals surface area contributed by atoms with Crippen LogP contribution in [0.25, 0.3) is 16.3 Å². The van der Waals surface area contributed by atoms with E-state index in [1.807, 2.05) is 44.1 Å². The van der Waals surface area contributed by atoms with Crippen molar-refractivity contribution in [3.8, 4) is 0 Å². The Labute approximate surface area is 231 Å². The van der Waals surface area contributed by atoms with E-state index in [1.54, 1.807) is 18.3 Å². The number of fused-ring (bicyclic) bond motifs is 2. The second-order valence-electron chi connectivity index (χ2n) is 12.8. The summed E-state index contributed by atoms with van der Waals surface area (Å²) in [6, 6.07) is 7.31. The Bertz CT molecular complexity index is 1530. The maximum atomic E-state index is 14.9. The third-order valence-electron chi connectivity index (χ3n) is 10.6. The van der Waals surface area contributed by atoms with Crippen molar-refractivity contribution in [2.75, 3.05) is 19.8 Å². The molecule has 9 heteroatoms. The van der Waals surface area contributed by atoms with Gasteiger partial charge in [-0.15, -0.1) is 0 Å². The van der Waals surface area contributed by atoms with Crippen LogP contribution >= 0.6 is 0 Å². The lowest BCUT2D eigenvalue weighted by Crippen LogP contribution is -2.62. The third-order valence-corrected chi connectivity index (χ3v) is 10.6. The molecule has 6 nitrogen and oxygen atoms in total. The molecule has 7 unspecified atom stereocenters. The summed E-state index contributed by atoms with van der Waals surface area (Å²) < 4.78 is 51.7. The predicted octanol–water partition coefficient (Wildman–Crippen LogP) is 4.77. The average molecular weight is 554 g/mol. The van der Waals surface area contributed by atoms with Crippen molar-refractivity contribution in [2.45, 2.75) is 74.7 Å². The van der Waals surface area contributed by atoms with E-state index in [0.29, 0.717) is 37.1 Å². The highest BCUT2D eigenvalue weighted by atomic mass is 19.4. The van der Waals surface area contributed by atoms with E-state index < -0.39 is 40.6 Å². The molecule has 2 aromatic rings. The van der Waals surface area contributed by atoms with Crippen LogP contribution in [0.15, 0.2) is 59.3 Å². The number of alkyl halides is 3. The highest BCUT2D eigenvalue weighted by molar-refractivity contribution is 5.88. The van der Waals surface area contributed by atoms with E-state index >= 15 is 0 Å². The zero-order chi connectivity index (χ0) is 28.4. The molecule has 5 aliphatic rings. The SMILES string of the molecule is CN(C)C1CC23CCC4(O2)C(=C(C(F)(F)F)CC2(C)C(c5ccc6cc(N)ncc6c5)=CCC24)C=C3C(O)C1O. The van der Waals surface area contributed by atoms with Crippen molar-refractivity contribution in [3.05, 3.63) is 64.9 Å². The van der Waals surface area contributed by atoms with Crippen molar-refractivity contribution >= 4 is 22.2 Å². The molecule has 0 amide bonds. The normalized spacial score (nSPS) is 38.7. The van der Waals surface area contributed by atoms with E-state index in [-0.39, 0.29) is 24.0 Å². The molecule has 3 heterocycles. The number of rotatable bonds is 2. The predicted molar refractivity (Wildman–Crippen MR) is 146 cm³/mol. The molecule has 1 aromatic heterocycles. The molecule has 40 heavy (non-hydrogen) atoms. The fourth-order valence-electron chi connectivity index (χ4n) is 8.70. The van der Waals surface area contributed by atoms with Gasteiger partial charge in [0.15, 0.2) is 0 Å². The van der Waals surface area contributed by atoms with E-state index in [1.165, 1.54) is 0 Å². The summed E-state index contributed by atoms with van der Waals surface area (Å²) in [7, 11) is 3.68. The summed E-state index contributed by atoms with van der Waals surface area (Å²) in [5, 5.41) is 23.9. The van der Waals surface area contributed by atoms with Crippen LogP contribution in [0, 0.1) is 11.3 Å². The van der Waals surface area contributed by atoms with E-state index in [4.69, 9.17) is 10.5 Å². The average Bonchev–Trinajstić information content (AvgIpc) is 3.40. The monoisotopic (exact) mass is 553 g/mol. The van der Waals surface area contributed by atoms with Crippen LogP contribution in [-0.4, -0.2) is 69.8 Å². The number of nitrogens with two attached hydrogens (primary N) is 1. The molecule has 2 fully saturated rings. The minimum Gasteiger partial charge on any atom is -0.388 e. The molecule has 1 saturated carbocycles. The minimum atomic E-state index is -4.57. The molecular formula is C31H34F3N3O3. The molecule has 1 saturated heterocycles. The third kappa shape index (κ3) is 3.35. The smallest absolute Gasteiger partial charge is 0.388 e. The van der Waals surface area contributed by atoms with Gasteiger partial charge in [-0.05, 0) is 86.0 Å². The van der Waals surface area contributed by atoms with Crippen molar-refractivity contribution < 1.29 is 28.1 Å². The molecular weight excluding hydrogens is 519 g/mol. The number of pyridine rings is 1. The Balaban J connectivity index is 1.38. The van der Waals surface area contributed by atoms with Gasteiger partial charge in [-0.25, -0.2) is 4.98 Å². The van der Waals surface area contributed by atoms with Crippen LogP contribution in [0.2, 0.25) is 0 Å². The highest BCUT2D eigenvalue weighted by Crippen LogP contribution is 2.70. The molecule has 2 spiro atoms.